The Morgan fingerprint density at radius 3 is 2.21 bits per heavy atom. The van der Waals surface area contributed by atoms with E-state index >= 15 is 0 Å². The van der Waals surface area contributed by atoms with Crippen molar-refractivity contribution in [2.24, 2.45) is 0 Å². The number of aryl methyl sites for hydroxylation is 3. The number of amides is 2. The highest BCUT2D eigenvalue weighted by atomic mass is 16.5. The van der Waals surface area contributed by atoms with E-state index in [4.69, 9.17) is 9.47 Å². The van der Waals surface area contributed by atoms with Crippen LogP contribution in [0.4, 0.5) is 11.4 Å². The molecule has 3 aromatic carbocycles. The van der Waals surface area contributed by atoms with Crippen LogP contribution < -0.4 is 19.7 Å². The zero-order valence-corrected chi connectivity index (χ0v) is 19.4. The Balaban J connectivity index is 1.89. The van der Waals surface area contributed by atoms with Gasteiger partial charge in [0.2, 0.25) is 0 Å². The van der Waals surface area contributed by atoms with Gasteiger partial charge in [-0.25, -0.2) is 4.90 Å². The molecule has 0 saturated heterocycles. The number of nitrogens with zero attached hydrogens (tertiary/aromatic N) is 1. The number of anilines is 2. The molecule has 33 heavy (non-hydrogen) atoms. The van der Waals surface area contributed by atoms with Crippen molar-refractivity contribution in [1.29, 1.82) is 0 Å². The summed E-state index contributed by atoms with van der Waals surface area (Å²) in [6.45, 7) is 5.83. The lowest BCUT2D eigenvalue weighted by Gasteiger charge is -2.19. The lowest BCUT2D eigenvalue weighted by Crippen LogP contribution is -2.32. The summed E-state index contributed by atoms with van der Waals surface area (Å²) in [6, 6.07) is 18.5. The van der Waals surface area contributed by atoms with Crippen molar-refractivity contribution in [3.05, 3.63) is 88.6 Å². The standard InChI is InChI=1S/C27H26N2O4/c1-16-9-11-21(18(3)13-16)24-25(28-19-7-6-8-20(15-19)32-4)27(31)29(26(24)30)22-14-17(2)10-12-23(22)33-5/h6-15,28H,1-5H3. The molecular weight excluding hydrogens is 416 g/mol. The molecule has 1 heterocycles. The zero-order valence-electron chi connectivity index (χ0n) is 19.4. The first-order valence-electron chi connectivity index (χ1n) is 10.6. The maximum absolute atomic E-state index is 13.8. The first-order chi connectivity index (χ1) is 15.8. The largest absolute Gasteiger partial charge is 0.497 e. The normalized spacial score (nSPS) is 13.5. The van der Waals surface area contributed by atoms with Crippen molar-refractivity contribution < 1.29 is 19.1 Å². The van der Waals surface area contributed by atoms with Gasteiger partial charge < -0.3 is 14.8 Å². The Morgan fingerprint density at radius 2 is 1.52 bits per heavy atom. The molecule has 0 bridgehead atoms. The molecule has 0 saturated carbocycles. The minimum atomic E-state index is -0.443. The number of hydrogen-bond donors (Lipinski definition) is 1. The average molecular weight is 443 g/mol. The van der Waals surface area contributed by atoms with E-state index < -0.39 is 11.8 Å². The summed E-state index contributed by atoms with van der Waals surface area (Å²) in [4.78, 5) is 28.7. The van der Waals surface area contributed by atoms with Crippen molar-refractivity contribution >= 4 is 28.8 Å². The maximum Gasteiger partial charge on any atom is 0.282 e. The molecule has 2 amide bonds. The van der Waals surface area contributed by atoms with Gasteiger partial charge in [-0.15, -0.1) is 0 Å². The smallest absolute Gasteiger partial charge is 0.282 e. The fraction of sp³-hybridized carbons (Fsp3) is 0.185. The Bertz CT molecular complexity index is 1290. The van der Waals surface area contributed by atoms with E-state index in [-0.39, 0.29) is 5.70 Å². The van der Waals surface area contributed by atoms with Crippen LogP contribution in [0.3, 0.4) is 0 Å². The number of benzene rings is 3. The predicted molar refractivity (Wildman–Crippen MR) is 130 cm³/mol. The van der Waals surface area contributed by atoms with Gasteiger partial charge in [-0.1, -0.05) is 35.9 Å². The van der Waals surface area contributed by atoms with Crippen LogP contribution in [0, 0.1) is 20.8 Å². The first-order valence-corrected chi connectivity index (χ1v) is 10.6. The number of ether oxygens (including phenoxy) is 2. The van der Waals surface area contributed by atoms with Crippen molar-refractivity contribution in [3.8, 4) is 11.5 Å². The molecule has 168 valence electrons. The second kappa shape index (κ2) is 8.82. The van der Waals surface area contributed by atoms with E-state index in [0.29, 0.717) is 34.0 Å². The van der Waals surface area contributed by atoms with E-state index in [1.807, 2.05) is 63.2 Å². The molecular formula is C27H26N2O4. The summed E-state index contributed by atoms with van der Waals surface area (Å²) in [6.07, 6.45) is 0. The summed E-state index contributed by atoms with van der Waals surface area (Å²) in [7, 11) is 3.10. The zero-order chi connectivity index (χ0) is 23.7. The van der Waals surface area contributed by atoms with Gasteiger partial charge in [0, 0.05) is 11.8 Å². The Hall–Kier alpha value is -4.06. The SMILES string of the molecule is COc1cccc(NC2=C(c3ccc(C)cc3C)C(=O)N(c3cc(C)ccc3OC)C2=O)c1. The maximum atomic E-state index is 13.8. The molecule has 6 nitrogen and oxygen atoms in total. The lowest BCUT2D eigenvalue weighted by atomic mass is 9.97. The number of rotatable bonds is 6. The van der Waals surface area contributed by atoms with E-state index in [9.17, 15) is 9.59 Å². The fourth-order valence-electron chi connectivity index (χ4n) is 4.03. The second-order valence-corrected chi connectivity index (χ2v) is 8.05. The van der Waals surface area contributed by atoms with E-state index in [1.54, 1.807) is 25.3 Å². The summed E-state index contributed by atoms with van der Waals surface area (Å²) >= 11 is 0. The van der Waals surface area contributed by atoms with Gasteiger partial charge in [-0.3, -0.25) is 9.59 Å². The molecule has 0 aliphatic carbocycles. The molecule has 1 aliphatic rings. The number of carbonyl (C=O) groups excluding carboxylic acids is 2. The number of nitrogens with one attached hydrogen (secondary N) is 1. The molecule has 3 aromatic rings. The van der Waals surface area contributed by atoms with Crippen LogP contribution in [-0.2, 0) is 9.59 Å². The van der Waals surface area contributed by atoms with Crippen molar-refractivity contribution in [3.63, 3.8) is 0 Å². The topological polar surface area (TPSA) is 67.9 Å². The van der Waals surface area contributed by atoms with E-state index in [0.717, 1.165) is 16.7 Å². The third kappa shape index (κ3) is 4.07. The molecule has 0 fully saturated rings. The van der Waals surface area contributed by atoms with Crippen LogP contribution in [0.15, 0.2) is 66.4 Å². The summed E-state index contributed by atoms with van der Waals surface area (Å²) in [5, 5.41) is 3.18. The average Bonchev–Trinajstić information content (AvgIpc) is 3.03. The minimum Gasteiger partial charge on any atom is -0.497 e. The van der Waals surface area contributed by atoms with Gasteiger partial charge in [0.05, 0.1) is 25.5 Å². The third-order valence-corrected chi connectivity index (χ3v) is 5.65. The van der Waals surface area contributed by atoms with E-state index in [1.165, 1.54) is 12.0 Å². The highest BCUT2D eigenvalue weighted by molar-refractivity contribution is 6.46. The minimum absolute atomic E-state index is 0.212. The van der Waals surface area contributed by atoms with Gasteiger partial charge in [0.25, 0.3) is 11.8 Å². The molecule has 1 aliphatic heterocycles. The molecule has 4 rings (SSSR count). The highest BCUT2D eigenvalue weighted by Gasteiger charge is 2.42. The number of methoxy groups -OCH3 is 2. The Kier molecular flexibility index (Phi) is 5.92. The summed E-state index contributed by atoms with van der Waals surface area (Å²) in [5.41, 5.74) is 5.20. The van der Waals surface area contributed by atoms with Gasteiger partial charge >= 0.3 is 0 Å². The second-order valence-electron chi connectivity index (χ2n) is 8.05. The van der Waals surface area contributed by atoms with Crippen LogP contribution in [0.25, 0.3) is 5.57 Å². The van der Waals surface area contributed by atoms with E-state index in [2.05, 4.69) is 5.32 Å². The number of hydrogen-bond acceptors (Lipinski definition) is 5. The molecule has 1 N–H and O–H groups in total. The van der Waals surface area contributed by atoms with Crippen molar-refractivity contribution in [2.45, 2.75) is 20.8 Å². The molecule has 0 aromatic heterocycles. The number of carbonyl (C=O) groups is 2. The summed E-state index contributed by atoms with van der Waals surface area (Å²) in [5.74, 6) is 0.246. The first kappa shape index (κ1) is 22.1. The van der Waals surface area contributed by atoms with Crippen molar-refractivity contribution in [2.75, 3.05) is 24.4 Å². The monoisotopic (exact) mass is 442 g/mol. The van der Waals surface area contributed by atoms with Gasteiger partial charge in [-0.05, 0) is 61.7 Å². The van der Waals surface area contributed by atoms with Gasteiger partial charge in [-0.2, -0.15) is 0 Å². The van der Waals surface area contributed by atoms with Gasteiger partial charge in [0.1, 0.15) is 17.2 Å². The van der Waals surface area contributed by atoms with Crippen LogP contribution in [0.2, 0.25) is 0 Å². The predicted octanol–water partition coefficient (Wildman–Crippen LogP) is 5.03. The quantitative estimate of drug-likeness (QED) is 0.543. The molecule has 6 heteroatoms. The van der Waals surface area contributed by atoms with Crippen LogP contribution in [0.1, 0.15) is 22.3 Å². The number of imide groups is 1. The Morgan fingerprint density at radius 1 is 0.788 bits per heavy atom. The van der Waals surface area contributed by atoms with Crippen LogP contribution >= 0.6 is 0 Å². The van der Waals surface area contributed by atoms with Crippen LogP contribution in [-0.4, -0.2) is 26.0 Å². The highest BCUT2D eigenvalue weighted by Crippen LogP contribution is 2.39. The van der Waals surface area contributed by atoms with Crippen LogP contribution in [0.5, 0.6) is 11.5 Å². The third-order valence-electron chi connectivity index (χ3n) is 5.65. The lowest BCUT2D eigenvalue weighted by molar-refractivity contribution is -0.120. The Labute approximate surface area is 193 Å². The van der Waals surface area contributed by atoms with Gasteiger partial charge in [0.15, 0.2) is 0 Å². The van der Waals surface area contributed by atoms with Crippen molar-refractivity contribution in [1.82, 2.24) is 0 Å². The molecule has 0 radical (unpaired) electrons. The fourth-order valence-corrected chi connectivity index (χ4v) is 4.03. The molecule has 0 atom stereocenters. The summed E-state index contributed by atoms with van der Waals surface area (Å²) < 4.78 is 10.8. The molecule has 0 unspecified atom stereocenters. The molecule has 0 spiro atoms.